The lowest BCUT2D eigenvalue weighted by Crippen LogP contribution is -1.79. The summed E-state index contributed by atoms with van der Waals surface area (Å²) in [6.07, 6.45) is 1.66. The van der Waals surface area contributed by atoms with Gasteiger partial charge in [-0.25, -0.2) is 4.39 Å². The van der Waals surface area contributed by atoms with Gasteiger partial charge < -0.3 is 4.42 Å². The Morgan fingerprint density at radius 3 is 2.50 bits per heavy atom. The molecule has 3 aromatic rings. The molecule has 0 aliphatic carbocycles. The molecule has 16 heavy (non-hydrogen) atoms. The molecule has 0 amide bonds. The third-order valence-electron chi connectivity index (χ3n) is 2.65. The molecule has 0 atom stereocenters. The van der Waals surface area contributed by atoms with E-state index in [1.165, 1.54) is 12.1 Å². The van der Waals surface area contributed by atoms with E-state index in [1.807, 2.05) is 24.3 Å². The van der Waals surface area contributed by atoms with E-state index in [-0.39, 0.29) is 5.82 Å². The molecule has 1 nitrogen and oxygen atoms in total. The van der Waals surface area contributed by atoms with Crippen LogP contribution in [0.15, 0.2) is 59.2 Å². The molecule has 0 N–H and O–H groups in total. The number of furan rings is 1. The first-order valence-corrected chi connectivity index (χ1v) is 5.07. The highest BCUT2D eigenvalue weighted by Gasteiger charge is 2.05. The van der Waals surface area contributed by atoms with Crippen LogP contribution in [0.3, 0.4) is 0 Å². The second-order valence-electron chi connectivity index (χ2n) is 3.64. The molecule has 0 fully saturated rings. The number of hydrogen-bond donors (Lipinski definition) is 0. The Morgan fingerprint density at radius 1 is 0.875 bits per heavy atom. The van der Waals surface area contributed by atoms with Gasteiger partial charge >= 0.3 is 0 Å². The Kier molecular flexibility index (Phi) is 2.00. The van der Waals surface area contributed by atoms with E-state index in [9.17, 15) is 4.39 Å². The lowest BCUT2D eigenvalue weighted by molar-refractivity contribution is 0.616. The lowest BCUT2D eigenvalue weighted by Gasteiger charge is -2.02. The Bertz CT molecular complexity index is 623. The van der Waals surface area contributed by atoms with E-state index in [0.717, 1.165) is 22.1 Å². The molecule has 0 bridgehead atoms. The summed E-state index contributed by atoms with van der Waals surface area (Å²) in [6, 6.07) is 14.3. The van der Waals surface area contributed by atoms with Crippen molar-refractivity contribution >= 4 is 11.0 Å². The van der Waals surface area contributed by atoms with E-state index in [4.69, 9.17) is 4.42 Å². The average Bonchev–Trinajstić information content (AvgIpc) is 2.78. The van der Waals surface area contributed by atoms with Gasteiger partial charge in [-0.2, -0.15) is 0 Å². The predicted octanol–water partition coefficient (Wildman–Crippen LogP) is 4.24. The van der Waals surface area contributed by atoms with Crippen LogP contribution in [-0.4, -0.2) is 0 Å². The number of halogens is 1. The van der Waals surface area contributed by atoms with Gasteiger partial charge in [0, 0.05) is 5.39 Å². The molecule has 0 saturated heterocycles. The summed E-state index contributed by atoms with van der Waals surface area (Å²) in [6.45, 7) is 0. The highest BCUT2D eigenvalue weighted by atomic mass is 19.1. The number of hydrogen-bond acceptors (Lipinski definition) is 1. The van der Waals surface area contributed by atoms with Crippen molar-refractivity contribution in [1.29, 1.82) is 0 Å². The van der Waals surface area contributed by atoms with Gasteiger partial charge in [-0.1, -0.05) is 24.3 Å². The monoisotopic (exact) mass is 212 g/mol. The molecule has 2 heteroatoms. The van der Waals surface area contributed by atoms with Crippen LogP contribution in [0.2, 0.25) is 0 Å². The minimum atomic E-state index is -0.219. The average molecular weight is 212 g/mol. The van der Waals surface area contributed by atoms with Crippen LogP contribution in [0.5, 0.6) is 0 Å². The lowest BCUT2D eigenvalue weighted by atomic mass is 10.0. The molecule has 1 heterocycles. The maximum Gasteiger partial charge on any atom is 0.134 e. The largest absolute Gasteiger partial charge is 0.464 e. The second-order valence-corrected chi connectivity index (χ2v) is 3.64. The van der Waals surface area contributed by atoms with Gasteiger partial charge in [-0.05, 0) is 35.4 Å². The van der Waals surface area contributed by atoms with Crippen LogP contribution in [-0.2, 0) is 0 Å². The van der Waals surface area contributed by atoms with Crippen LogP contribution in [0.1, 0.15) is 0 Å². The molecule has 0 radical (unpaired) electrons. The van der Waals surface area contributed by atoms with Crippen LogP contribution in [0.25, 0.3) is 22.1 Å². The highest BCUT2D eigenvalue weighted by molar-refractivity contribution is 5.93. The van der Waals surface area contributed by atoms with E-state index in [2.05, 4.69) is 0 Å². The van der Waals surface area contributed by atoms with Crippen molar-refractivity contribution in [1.82, 2.24) is 0 Å². The highest BCUT2D eigenvalue weighted by Crippen LogP contribution is 2.29. The fourth-order valence-corrected chi connectivity index (χ4v) is 1.88. The SMILES string of the molecule is Fc1ccc(-c2cccc3occc23)cc1. The maximum absolute atomic E-state index is 12.8. The van der Waals surface area contributed by atoms with Crippen molar-refractivity contribution in [2.75, 3.05) is 0 Å². The number of benzene rings is 2. The van der Waals surface area contributed by atoms with Crippen molar-refractivity contribution in [3.05, 3.63) is 60.6 Å². The van der Waals surface area contributed by atoms with Gasteiger partial charge in [-0.15, -0.1) is 0 Å². The molecule has 78 valence electrons. The van der Waals surface area contributed by atoms with Crippen molar-refractivity contribution < 1.29 is 8.81 Å². The topological polar surface area (TPSA) is 13.1 Å². The van der Waals surface area contributed by atoms with E-state index in [0.29, 0.717) is 0 Å². The molecule has 0 saturated carbocycles. The molecule has 0 unspecified atom stereocenters. The van der Waals surface area contributed by atoms with Crippen molar-refractivity contribution in [2.45, 2.75) is 0 Å². The maximum atomic E-state index is 12.8. The summed E-state index contributed by atoms with van der Waals surface area (Å²) >= 11 is 0. The first kappa shape index (κ1) is 9.16. The molecule has 1 aromatic heterocycles. The summed E-state index contributed by atoms with van der Waals surface area (Å²) in [5.41, 5.74) is 2.90. The zero-order valence-electron chi connectivity index (χ0n) is 8.48. The van der Waals surface area contributed by atoms with Crippen LogP contribution in [0, 0.1) is 5.82 Å². The van der Waals surface area contributed by atoms with E-state index < -0.39 is 0 Å². The first-order valence-electron chi connectivity index (χ1n) is 5.07. The molecule has 0 aliphatic heterocycles. The summed E-state index contributed by atoms with van der Waals surface area (Å²) in [5.74, 6) is -0.219. The van der Waals surface area contributed by atoms with E-state index >= 15 is 0 Å². The molecule has 2 aromatic carbocycles. The Morgan fingerprint density at radius 2 is 1.69 bits per heavy atom. The van der Waals surface area contributed by atoms with Crippen LogP contribution in [0.4, 0.5) is 4.39 Å². The van der Waals surface area contributed by atoms with Gasteiger partial charge in [0.2, 0.25) is 0 Å². The smallest absolute Gasteiger partial charge is 0.134 e. The van der Waals surface area contributed by atoms with Gasteiger partial charge in [-0.3, -0.25) is 0 Å². The quantitative estimate of drug-likeness (QED) is 0.588. The molecule has 0 spiro atoms. The van der Waals surface area contributed by atoms with Gasteiger partial charge in [0.05, 0.1) is 6.26 Å². The zero-order chi connectivity index (χ0) is 11.0. The summed E-state index contributed by atoms with van der Waals surface area (Å²) < 4.78 is 18.2. The van der Waals surface area contributed by atoms with Gasteiger partial charge in [0.1, 0.15) is 11.4 Å². The minimum absolute atomic E-state index is 0.219. The fourth-order valence-electron chi connectivity index (χ4n) is 1.88. The molecule has 3 rings (SSSR count). The summed E-state index contributed by atoms with van der Waals surface area (Å²) in [5, 5.41) is 1.05. The van der Waals surface area contributed by atoms with Crippen molar-refractivity contribution in [3.63, 3.8) is 0 Å². The normalized spacial score (nSPS) is 10.8. The minimum Gasteiger partial charge on any atom is -0.464 e. The van der Waals surface area contributed by atoms with Crippen molar-refractivity contribution in [3.8, 4) is 11.1 Å². The standard InChI is InChI=1S/C14H9FO/c15-11-6-4-10(5-7-11)12-2-1-3-14-13(12)8-9-16-14/h1-9H. The fraction of sp³-hybridized carbons (Fsp3) is 0. The van der Waals surface area contributed by atoms with Crippen LogP contribution < -0.4 is 0 Å². The summed E-state index contributed by atoms with van der Waals surface area (Å²) in [7, 11) is 0. The van der Waals surface area contributed by atoms with Crippen LogP contribution >= 0.6 is 0 Å². The van der Waals surface area contributed by atoms with E-state index in [1.54, 1.807) is 18.4 Å². The third-order valence-corrected chi connectivity index (χ3v) is 2.65. The van der Waals surface area contributed by atoms with Gasteiger partial charge in [0.15, 0.2) is 0 Å². The molecule has 0 aliphatic rings. The Hall–Kier alpha value is -2.09. The third kappa shape index (κ3) is 1.39. The Balaban J connectivity index is 2.25. The molecular formula is C14H9FO. The van der Waals surface area contributed by atoms with Gasteiger partial charge in [0.25, 0.3) is 0 Å². The number of fused-ring (bicyclic) bond motifs is 1. The Labute approximate surface area is 92.1 Å². The van der Waals surface area contributed by atoms with Crippen molar-refractivity contribution in [2.24, 2.45) is 0 Å². The first-order chi connectivity index (χ1) is 7.84. The molecular weight excluding hydrogens is 203 g/mol. The second kappa shape index (κ2) is 3.49. The predicted molar refractivity (Wildman–Crippen MR) is 61.6 cm³/mol. The summed E-state index contributed by atoms with van der Waals surface area (Å²) in [4.78, 5) is 0. The number of rotatable bonds is 1. The zero-order valence-corrected chi connectivity index (χ0v) is 8.48.